The third-order valence-corrected chi connectivity index (χ3v) is 5.76. The summed E-state index contributed by atoms with van der Waals surface area (Å²) in [6, 6.07) is 0. The van der Waals surface area contributed by atoms with Crippen LogP contribution in [0.2, 0.25) is 0 Å². The quantitative estimate of drug-likeness (QED) is 0.768. The number of hydrogen-bond acceptors (Lipinski definition) is 6. The first-order valence-corrected chi connectivity index (χ1v) is 8.93. The Kier molecular flexibility index (Phi) is 4.96. The fraction of sp³-hybridized carbons (Fsp3) is 0.500. The van der Waals surface area contributed by atoms with E-state index in [1.54, 1.807) is 0 Å². The number of aromatic carboxylic acids is 1. The Morgan fingerprint density at radius 3 is 2.71 bits per heavy atom. The van der Waals surface area contributed by atoms with Gasteiger partial charge in [-0.25, -0.2) is 18.2 Å². The van der Waals surface area contributed by atoms with Crippen molar-refractivity contribution in [1.29, 1.82) is 0 Å². The van der Waals surface area contributed by atoms with Crippen molar-refractivity contribution in [3.05, 3.63) is 23.9 Å². The van der Waals surface area contributed by atoms with Gasteiger partial charge in [0.25, 0.3) is 10.0 Å². The highest BCUT2D eigenvalue weighted by Gasteiger charge is 2.31. The van der Waals surface area contributed by atoms with E-state index in [0.29, 0.717) is 13.1 Å². The lowest BCUT2D eigenvalue weighted by atomic mass is 10.1. The van der Waals surface area contributed by atoms with Crippen LogP contribution < -0.4 is 4.72 Å². The van der Waals surface area contributed by atoms with Gasteiger partial charge in [0.05, 0.1) is 5.51 Å². The topological polar surface area (TPSA) is 99.6 Å². The molecule has 9 heteroatoms. The van der Waals surface area contributed by atoms with Crippen molar-refractivity contribution in [2.75, 3.05) is 17.8 Å². The van der Waals surface area contributed by atoms with E-state index in [1.807, 2.05) is 4.90 Å². The van der Waals surface area contributed by atoms with Gasteiger partial charge in [-0.2, -0.15) is 0 Å². The molecule has 0 aromatic carbocycles. The molecule has 2 rings (SSSR count). The molecule has 0 radical (unpaired) electrons. The smallest absolute Gasteiger partial charge is 0.357 e. The van der Waals surface area contributed by atoms with Crippen LogP contribution in [0.5, 0.6) is 0 Å². The predicted octanol–water partition coefficient (Wildman–Crippen LogP) is 1.58. The van der Waals surface area contributed by atoms with E-state index >= 15 is 0 Å². The van der Waals surface area contributed by atoms with Crippen LogP contribution >= 0.6 is 11.3 Å². The Labute approximate surface area is 127 Å². The molecule has 2 heterocycles. The summed E-state index contributed by atoms with van der Waals surface area (Å²) in [6.45, 7) is 4.97. The molecule has 1 aliphatic heterocycles. The molecule has 0 spiro atoms. The molecule has 1 saturated heterocycles. The van der Waals surface area contributed by atoms with Gasteiger partial charge in [0.2, 0.25) is 0 Å². The Morgan fingerprint density at radius 1 is 1.48 bits per heavy atom. The summed E-state index contributed by atoms with van der Waals surface area (Å²) in [5.41, 5.74) is 1.01. The van der Waals surface area contributed by atoms with Gasteiger partial charge in [-0.1, -0.05) is 12.5 Å². The van der Waals surface area contributed by atoms with E-state index in [4.69, 9.17) is 5.11 Å². The van der Waals surface area contributed by atoms with Gasteiger partial charge in [0.1, 0.15) is 5.00 Å². The van der Waals surface area contributed by atoms with Crippen LogP contribution in [0.1, 0.15) is 29.8 Å². The van der Waals surface area contributed by atoms with Crippen molar-refractivity contribution >= 4 is 32.3 Å². The van der Waals surface area contributed by atoms with Crippen molar-refractivity contribution < 1.29 is 18.3 Å². The largest absolute Gasteiger partial charge is 0.476 e. The van der Waals surface area contributed by atoms with Crippen molar-refractivity contribution in [3.8, 4) is 0 Å². The SMILES string of the molecule is C=CC(N1CCCCC1)S(=O)(=O)Nc1scnc1C(=O)O. The minimum atomic E-state index is -3.79. The first kappa shape index (κ1) is 15.9. The number of rotatable bonds is 6. The molecule has 1 aromatic rings. The second kappa shape index (κ2) is 6.54. The Bertz CT molecular complexity index is 620. The molecule has 0 saturated carbocycles. The van der Waals surface area contributed by atoms with Gasteiger partial charge in [0, 0.05) is 0 Å². The lowest BCUT2D eigenvalue weighted by Crippen LogP contribution is -2.45. The average Bonchev–Trinajstić information content (AvgIpc) is 2.88. The molecular formula is C12H17N3O4S2. The average molecular weight is 331 g/mol. The van der Waals surface area contributed by atoms with E-state index < -0.39 is 21.4 Å². The van der Waals surface area contributed by atoms with E-state index in [-0.39, 0.29) is 10.7 Å². The Balaban J connectivity index is 2.21. The lowest BCUT2D eigenvalue weighted by Gasteiger charge is -2.32. The molecule has 0 aliphatic carbocycles. The Hall–Kier alpha value is -1.45. The number of hydrogen-bond donors (Lipinski definition) is 2. The molecule has 1 fully saturated rings. The fourth-order valence-electron chi connectivity index (χ4n) is 2.31. The molecule has 7 nitrogen and oxygen atoms in total. The standard InChI is InChI=1S/C12H17N3O4S2/c1-2-9(15-6-4-3-5-7-15)21(18,19)14-11-10(12(16)17)13-8-20-11/h2,8-9,14H,1,3-7H2,(H,16,17). The molecule has 0 bridgehead atoms. The number of carbonyl (C=O) groups is 1. The van der Waals surface area contributed by atoms with Crippen LogP contribution in [0.25, 0.3) is 0 Å². The fourth-order valence-corrected chi connectivity index (χ4v) is 4.69. The predicted molar refractivity (Wildman–Crippen MR) is 81.0 cm³/mol. The zero-order chi connectivity index (χ0) is 15.5. The number of likely N-dealkylation sites (tertiary alicyclic amines) is 1. The monoisotopic (exact) mass is 331 g/mol. The number of aromatic nitrogens is 1. The zero-order valence-electron chi connectivity index (χ0n) is 11.4. The minimum Gasteiger partial charge on any atom is -0.476 e. The van der Waals surface area contributed by atoms with Crippen LogP contribution in [0, 0.1) is 0 Å². The third-order valence-electron chi connectivity index (χ3n) is 3.28. The molecule has 116 valence electrons. The van der Waals surface area contributed by atoms with Gasteiger partial charge in [0.15, 0.2) is 11.1 Å². The number of sulfonamides is 1. The van der Waals surface area contributed by atoms with Gasteiger partial charge in [-0.15, -0.1) is 17.9 Å². The first-order valence-electron chi connectivity index (χ1n) is 6.50. The highest BCUT2D eigenvalue weighted by atomic mass is 32.2. The molecule has 0 amide bonds. The second-order valence-electron chi connectivity index (χ2n) is 4.71. The third kappa shape index (κ3) is 3.60. The number of nitrogens with zero attached hydrogens (tertiary/aromatic N) is 2. The minimum absolute atomic E-state index is 0.0198. The molecular weight excluding hydrogens is 314 g/mol. The van der Waals surface area contributed by atoms with Crippen molar-refractivity contribution in [3.63, 3.8) is 0 Å². The molecule has 2 N–H and O–H groups in total. The maximum atomic E-state index is 12.5. The molecule has 1 atom stereocenters. The van der Waals surface area contributed by atoms with E-state index in [2.05, 4.69) is 16.3 Å². The lowest BCUT2D eigenvalue weighted by molar-refractivity contribution is 0.0692. The maximum Gasteiger partial charge on any atom is 0.357 e. The molecule has 1 aliphatic rings. The van der Waals surface area contributed by atoms with Crippen LogP contribution in [0.15, 0.2) is 18.2 Å². The van der Waals surface area contributed by atoms with Crippen molar-refractivity contribution in [2.24, 2.45) is 0 Å². The number of anilines is 1. The van der Waals surface area contributed by atoms with Gasteiger partial charge in [-0.05, 0) is 25.9 Å². The number of carboxylic acid groups (broad SMARTS) is 1. The zero-order valence-corrected chi connectivity index (χ0v) is 13.0. The Morgan fingerprint density at radius 2 is 2.14 bits per heavy atom. The number of carboxylic acids is 1. The summed E-state index contributed by atoms with van der Waals surface area (Å²) in [7, 11) is -3.79. The number of piperidine rings is 1. The summed E-state index contributed by atoms with van der Waals surface area (Å²) in [4.78, 5) is 16.5. The molecule has 21 heavy (non-hydrogen) atoms. The second-order valence-corrected chi connectivity index (χ2v) is 7.34. The number of thiazole rings is 1. The summed E-state index contributed by atoms with van der Waals surface area (Å²) in [5, 5.41) is 8.12. The van der Waals surface area contributed by atoms with Crippen LogP contribution in [0.4, 0.5) is 5.00 Å². The van der Waals surface area contributed by atoms with Crippen LogP contribution in [-0.2, 0) is 10.0 Å². The van der Waals surface area contributed by atoms with Crippen LogP contribution in [0.3, 0.4) is 0 Å². The highest BCUT2D eigenvalue weighted by Crippen LogP contribution is 2.24. The normalized spacial score (nSPS) is 18.1. The summed E-state index contributed by atoms with van der Waals surface area (Å²) < 4.78 is 27.3. The summed E-state index contributed by atoms with van der Waals surface area (Å²) >= 11 is 0.944. The highest BCUT2D eigenvalue weighted by molar-refractivity contribution is 7.93. The molecule has 1 aromatic heterocycles. The van der Waals surface area contributed by atoms with E-state index in [0.717, 1.165) is 30.6 Å². The van der Waals surface area contributed by atoms with Crippen LogP contribution in [-0.4, -0.2) is 47.8 Å². The molecule has 1 unspecified atom stereocenters. The summed E-state index contributed by atoms with van der Waals surface area (Å²) in [6.07, 6.45) is 4.35. The van der Waals surface area contributed by atoms with Gasteiger partial charge < -0.3 is 5.11 Å². The van der Waals surface area contributed by atoms with E-state index in [9.17, 15) is 13.2 Å². The maximum absolute atomic E-state index is 12.5. The van der Waals surface area contributed by atoms with Crippen molar-refractivity contribution in [1.82, 2.24) is 9.88 Å². The number of nitrogens with one attached hydrogen (secondary N) is 1. The summed E-state index contributed by atoms with van der Waals surface area (Å²) in [5.74, 6) is -1.26. The van der Waals surface area contributed by atoms with E-state index in [1.165, 1.54) is 11.6 Å². The van der Waals surface area contributed by atoms with Gasteiger partial charge >= 0.3 is 5.97 Å². The van der Waals surface area contributed by atoms with Crippen molar-refractivity contribution in [2.45, 2.75) is 24.6 Å². The van der Waals surface area contributed by atoms with Gasteiger partial charge in [-0.3, -0.25) is 9.62 Å². The first-order chi connectivity index (χ1) is 9.95.